The Kier molecular flexibility index (Phi) is 6.81. The number of carbonyl (C=O) groups is 2. The van der Waals surface area contributed by atoms with E-state index in [-0.39, 0.29) is 18.4 Å². The molecular weight excluding hydrogens is 518 g/mol. The normalized spacial score (nSPS) is 14.2. The molecule has 2 heterocycles. The third-order valence-corrected chi connectivity index (χ3v) is 7.43. The van der Waals surface area contributed by atoms with Gasteiger partial charge in [-0.2, -0.15) is 0 Å². The van der Waals surface area contributed by atoms with Crippen molar-refractivity contribution >= 4 is 28.4 Å². The number of nitrogens with zero attached hydrogens (tertiary/aromatic N) is 1. The minimum absolute atomic E-state index is 0.162. The Balaban J connectivity index is 1.45. The van der Waals surface area contributed by atoms with Crippen molar-refractivity contribution in [1.82, 2.24) is 9.88 Å². The highest BCUT2D eigenvalue weighted by Gasteiger charge is 2.41. The van der Waals surface area contributed by atoms with E-state index in [0.717, 1.165) is 39.0 Å². The number of hydrogen-bond acceptors (Lipinski definition) is 5. The summed E-state index contributed by atoms with van der Waals surface area (Å²) in [5, 5.41) is 3.89. The summed E-state index contributed by atoms with van der Waals surface area (Å²) < 4.78 is 16.2. The summed E-state index contributed by atoms with van der Waals surface area (Å²) in [6, 6.07) is 28.0. The van der Waals surface area contributed by atoms with E-state index in [1.54, 1.807) is 37.3 Å². The Morgan fingerprint density at radius 2 is 1.61 bits per heavy atom. The fraction of sp³-hybridized carbons (Fsp3) is 0.152. The van der Waals surface area contributed by atoms with E-state index in [9.17, 15) is 9.59 Å². The SMILES string of the molecule is COc1cccc(-c2[nH]c3ccccc3c2[C@@H]2c3ccccc3C(=O)N2CC(=O)Nc2ccc(OC)cc2OC)c1. The van der Waals surface area contributed by atoms with E-state index in [1.807, 2.05) is 72.8 Å². The number of aromatic nitrogens is 1. The summed E-state index contributed by atoms with van der Waals surface area (Å²) in [5.41, 5.74) is 5.55. The van der Waals surface area contributed by atoms with Gasteiger partial charge in [0, 0.05) is 33.7 Å². The molecule has 0 aliphatic carbocycles. The first-order chi connectivity index (χ1) is 20.0. The lowest BCUT2D eigenvalue weighted by Crippen LogP contribution is -2.36. The number of H-pyrrole nitrogens is 1. The zero-order valence-electron chi connectivity index (χ0n) is 22.9. The fourth-order valence-electron chi connectivity index (χ4n) is 5.54. The van der Waals surface area contributed by atoms with Gasteiger partial charge in [0.15, 0.2) is 0 Å². The Hall–Kier alpha value is -5.24. The van der Waals surface area contributed by atoms with Crippen molar-refractivity contribution in [2.75, 3.05) is 33.2 Å². The van der Waals surface area contributed by atoms with Crippen LogP contribution in [0.3, 0.4) is 0 Å². The van der Waals surface area contributed by atoms with Crippen LogP contribution < -0.4 is 19.5 Å². The molecule has 0 radical (unpaired) electrons. The number of amides is 2. The molecule has 1 atom stereocenters. The average Bonchev–Trinajstić information content (AvgIpc) is 3.52. The molecule has 2 amide bonds. The lowest BCUT2D eigenvalue weighted by molar-refractivity contribution is -0.117. The van der Waals surface area contributed by atoms with Gasteiger partial charge in [-0.1, -0.05) is 48.5 Å². The van der Waals surface area contributed by atoms with Gasteiger partial charge in [-0.15, -0.1) is 0 Å². The molecule has 5 aromatic rings. The standard InChI is InChI=1S/C33H29N3O5/c1-39-21-10-8-9-20(17-21)31-30(25-13-6-7-14-26(25)35-31)32-23-11-4-5-12-24(23)33(38)36(32)19-29(37)34-27-16-15-22(40-2)18-28(27)41-3/h4-18,32,35H,19H2,1-3H3,(H,34,37)/t32-/m0/s1. The van der Waals surface area contributed by atoms with E-state index in [4.69, 9.17) is 14.2 Å². The first kappa shape index (κ1) is 26.0. The first-order valence-electron chi connectivity index (χ1n) is 13.2. The summed E-state index contributed by atoms with van der Waals surface area (Å²) in [6.45, 7) is -0.162. The molecule has 0 spiro atoms. The number of carbonyl (C=O) groups excluding carboxylic acids is 2. The summed E-state index contributed by atoms with van der Waals surface area (Å²) in [6.07, 6.45) is 0. The van der Waals surface area contributed by atoms with Gasteiger partial charge in [0.2, 0.25) is 5.91 Å². The smallest absolute Gasteiger partial charge is 0.255 e. The Labute approximate surface area is 237 Å². The number of methoxy groups -OCH3 is 3. The molecule has 0 bridgehead atoms. The van der Waals surface area contributed by atoms with Gasteiger partial charge >= 0.3 is 0 Å². The lowest BCUT2D eigenvalue weighted by atomic mass is 9.93. The zero-order chi connectivity index (χ0) is 28.5. The van der Waals surface area contributed by atoms with Crippen LogP contribution in [0, 0.1) is 0 Å². The zero-order valence-corrected chi connectivity index (χ0v) is 22.9. The molecule has 6 rings (SSSR count). The second-order valence-electron chi connectivity index (χ2n) is 9.73. The molecule has 0 unspecified atom stereocenters. The van der Waals surface area contributed by atoms with Crippen LogP contribution in [0.2, 0.25) is 0 Å². The monoisotopic (exact) mass is 547 g/mol. The number of anilines is 1. The second-order valence-corrected chi connectivity index (χ2v) is 9.73. The molecule has 8 nitrogen and oxygen atoms in total. The van der Waals surface area contributed by atoms with Crippen LogP contribution in [-0.2, 0) is 4.79 Å². The minimum atomic E-state index is -0.500. The second kappa shape index (κ2) is 10.7. The maximum atomic E-state index is 13.9. The highest BCUT2D eigenvalue weighted by molar-refractivity contribution is 6.05. The largest absolute Gasteiger partial charge is 0.497 e. The van der Waals surface area contributed by atoms with Crippen molar-refractivity contribution in [3.05, 3.63) is 108 Å². The number of rotatable bonds is 8. The van der Waals surface area contributed by atoms with Gasteiger partial charge in [0.05, 0.1) is 38.8 Å². The molecule has 2 N–H and O–H groups in total. The summed E-state index contributed by atoms with van der Waals surface area (Å²) in [5.74, 6) is 1.24. The minimum Gasteiger partial charge on any atom is -0.497 e. The van der Waals surface area contributed by atoms with Crippen LogP contribution in [0.5, 0.6) is 17.2 Å². The topological polar surface area (TPSA) is 92.9 Å². The molecular formula is C33H29N3O5. The van der Waals surface area contributed by atoms with Crippen LogP contribution >= 0.6 is 0 Å². The van der Waals surface area contributed by atoms with Crippen molar-refractivity contribution in [3.8, 4) is 28.5 Å². The van der Waals surface area contributed by atoms with Gasteiger partial charge in [-0.05, 0) is 42.0 Å². The number of ether oxygens (including phenoxy) is 3. The Morgan fingerprint density at radius 3 is 2.41 bits per heavy atom. The van der Waals surface area contributed by atoms with Crippen LogP contribution in [-0.4, -0.2) is 49.6 Å². The Morgan fingerprint density at radius 1 is 0.854 bits per heavy atom. The molecule has 0 fully saturated rings. The van der Waals surface area contributed by atoms with Crippen molar-refractivity contribution in [2.24, 2.45) is 0 Å². The van der Waals surface area contributed by atoms with Gasteiger partial charge < -0.3 is 29.4 Å². The average molecular weight is 548 g/mol. The predicted molar refractivity (Wildman–Crippen MR) is 158 cm³/mol. The summed E-state index contributed by atoms with van der Waals surface area (Å²) in [4.78, 5) is 32.6. The number of para-hydroxylation sites is 1. The van der Waals surface area contributed by atoms with Gasteiger partial charge in [-0.25, -0.2) is 0 Å². The number of hydrogen-bond donors (Lipinski definition) is 2. The van der Waals surface area contributed by atoms with Gasteiger partial charge in [-0.3, -0.25) is 9.59 Å². The Bertz CT molecular complexity index is 1780. The molecule has 4 aromatic carbocycles. The first-order valence-corrected chi connectivity index (χ1v) is 13.2. The number of fused-ring (bicyclic) bond motifs is 2. The lowest BCUT2D eigenvalue weighted by Gasteiger charge is -2.26. The number of nitrogens with one attached hydrogen (secondary N) is 2. The van der Waals surface area contributed by atoms with E-state index in [0.29, 0.717) is 22.7 Å². The molecule has 1 aromatic heterocycles. The number of aromatic amines is 1. The number of benzene rings is 4. The van der Waals surface area contributed by atoms with Crippen molar-refractivity contribution < 1.29 is 23.8 Å². The van der Waals surface area contributed by atoms with Gasteiger partial charge in [0.25, 0.3) is 5.91 Å². The third-order valence-electron chi connectivity index (χ3n) is 7.43. The molecule has 1 aliphatic heterocycles. The highest BCUT2D eigenvalue weighted by Crippen LogP contribution is 2.45. The van der Waals surface area contributed by atoms with E-state index < -0.39 is 6.04 Å². The molecule has 0 saturated carbocycles. The van der Waals surface area contributed by atoms with Crippen LogP contribution in [0.4, 0.5) is 5.69 Å². The quantitative estimate of drug-likeness (QED) is 0.247. The fourth-order valence-corrected chi connectivity index (χ4v) is 5.54. The summed E-state index contributed by atoms with van der Waals surface area (Å²) in [7, 11) is 4.72. The van der Waals surface area contributed by atoms with Crippen molar-refractivity contribution in [1.29, 1.82) is 0 Å². The van der Waals surface area contributed by atoms with Crippen LogP contribution in [0.15, 0.2) is 91.0 Å². The maximum Gasteiger partial charge on any atom is 0.255 e. The predicted octanol–water partition coefficient (Wildman–Crippen LogP) is 6.04. The van der Waals surface area contributed by atoms with E-state index >= 15 is 0 Å². The van der Waals surface area contributed by atoms with Crippen LogP contribution in [0.1, 0.15) is 27.5 Å². The van der Waals surface area contributed by atoms with E-state index in [2.05, 4.69) is 10.3 Å². The molecule has 0 saturated heterocycles. The molecule has 8 heteroatoms. The van der Waals surface area contributed by atoms with Crippen molar-refractivity contribution in [3.63, 3.8) is 0 Å². The van der Waals surface area contributed by atoms with Crippen molar-refractivity contribution in [2.45, 2.75) is 6.04 Å². The highest BCUT2D eigenvalue weighted by atomic mass is 16.5. The van der Waals surface area contributed by atoms with Gasteiger partial charge in [0.1, 0.15) is 23.8 Å². The third kappa shape index (κ3) is 4.63. The van der Waals surface area contributed by atoms with E-state index in [1.165, 1.54) is 7.11 Å². The summed E-state index contributed by atoms with van der Waals surface area (Å²) >= 11 is 0. The molecule has 1 aliphatic rings. The molecule has 206 valence electrons. The van der Waals surface area contributed by atoms with Crippen LogP contribution in [0.25, 0.3) is 22.2 Å². The molecule has 41 heavy (non-hydrogen) atoms. The maximum absolute atomic E-state index is 13.9.